The van der Waals surface area contributed by atoms with Gasteiger partial charge in [0, 0.05) is 6.42 Å². The minimum atomic E-state index is -4.41. The Bertz CT molecular complexity index is 544. The Balaban J connectivity index is 0.00000232. The maximum atomic E-state index is 12.8. The van der Waals surface area contributed by atoms with Crippen LogP contribution in [0.1, 0.15) is 44.7 Å². The van der Waals surface area contributed by atoms with Crippen LogP contribution in [-0.2, 0) is 11.0 Å². The van der Waals surface area contributed by atoms with E-state index in [4.69, 9.17) is 4.74 Å². The van der Waals surface area contributed by atoms with Crippen molar-refractivity contribution in [3.63, 3.8) is 0 Å². The van der Waals surface area contributed by atoms with Crippen molar-refractivity contribution in [3.8, 4) is 5.75 Å². The topological polar surface area (TPSA) is 26.3 Å². The maximum Gasteiger partial charge on any atom is 0.416 e. The molecule has 2 nitrogen and oxygen atoms in total. The lowest BCUT2D eigenvalue weighted by molar-refractivity contribution is -0.138. The van der Waals surface area contributed by atoms with Crippen molar-refractivity contribution in [2.45, 2.75) is 46.7 Å². The Morgan fingerprint density at radius 1 is 1.26 bits per heavy atom. The van der Waals surface area contributed by atoms with Crippen LogP contribution in [0.2, 0.25) is 0 Å². The molecule has 23 heavy (non-hydrogen) atoms. The summed E-state index contributed by atoms with van der Waals surface area (Å²) in [6, 6.07) is 3.84. The third kappa shape index (κ3) is 7.68. The van der Waals surface area contributed by atoms with Crippen LogP contribution in [0, 0.1) is 6.92 Å². The van der Waals surface area contributed by atoms with E-state index in [-0.39, 0.29) is 17.7 Å². The molecule has 1 aromatic carbocycles. The van der Waals surface area contributed by atoms with E-state index in [2.05, 4.69) is 0 Å². The molecule has 0 unspecified atom stereocenters. The Morgan fingerprint density at radius 2 is 1.91 bits per heavy atom. The fraction of sp³-hybridized carbons (Fsp3) is 0.389. The fourth-order valence-electron chi connectivity index (χ4n) is 1.69. The lowest BCUT2D eigenvalue weighted by Gasteiger charge is -2.13. The molecule has 0 heterocycles. The van der Waals surface area contributed by atoms with Crippen LogP contribution in [-0.4, -0.2) is 6.29 Å². The molecule has 0 amide bonds. The first-order valence-electron chi connectivity index (χ1n) is 7.54. The highest BCUT2D eigenvalue weighted by Crippen LogP contribution is 2.34. The molecule has 0 bridgehead atoms. The van der Waals surface area contributed by atoms with Crippen molar-refractivity contribution in [1.29, 1.82) is 0 Å². The highest BCUT2D eigenvalue weighted by Gasteiger charge is 2.32. The Morgan fingerprint density at radius 3 is 2.43 bits per heavy atom. The van der Waals surface area contributed by atoms with E-state index < -0.39 is 11.7 Å². The second-order valence-electron chi connectivity index (χ2n) is 4.40. The Labute approximate surface area is 135 Å². The van der Waals surface area contributed by atoms with Crippen molar-refractivity contribution < 1.29 is 22.7 Å². The molecule has 0 aromatic heterocycles. The summed E-state index contributed by atoms with van der Waals surface area (Å²) < 4.78 is 44.0. The van der Waals surface area contributed by atoms with Gasteiger partial charge in [-0.3, -0.25) is 0 Å². The van der Waals surface area contributed by atoms with Crippen LogP contribution in [0.3, 0.4) is 0 Å². The summed E-state index contributed by atoms with van der Waals surface area (Å²) in [4.78, 5) is 10.3. The van der Waals surface area contributed by atoms with Crippen molar-refractivity contribution in [2.75, 3.05) is 0 Å². The average molecular weight is 328 g/mol. The van der Waals surface area contributed by atoms with Crippen LogP contribution in [0.15, 0.2) is 42.2 Å². The molecule has 128 valence electrons. The Hall–Kier alpha value is -2.04. The number of hydrogen-bond donors (Lipinski definition) is 0. The number of aldehydes is 1. The molecule has 0 atom stereocenters. The molecule has 5 heteroatoms. The van der Waals surface area contributed by atoms with Gasteiger partial charge in [-0.1, -0.05) is 32.9 Å². The summed E-state index contributed by atoms with van der Waals surface area (Å²) in [5.74, 6) is 0.528. The number of ether oxygens (including phenoxy) is 1. The molecular formula is C18H23F3O2. The lowest BCUT2D eigenvalue weighted by Crippen LogP contribution is -2.07. The number of alkyl halides is 3. The first kappa shape index (κ1) is 21.0. The van der Waals surface area contributed by atoms with Crippen molar-refractivity contribution in [3.05, 3.63) is 53.3 Å². The zero-order valence-electron chi connectivity index (χ0n) is 13.9. The van der Waals surface area contributed by atoms with E-state index in [0.29, 0.717) is 12.2 Å². The van der Waals surface area contributed by atoms with E-state index in [1.54, 1.807) is 18.2 Å². The number of allylic oxidation sites excluding steroid dienone is 3. The third-order valence-electron chi connectivity index (χ3n) is 2.67. The van der Waals surface area contributed by atoms with Gasteiger partial charge in [0.2, 0.25) is 0 Å². The molecule has 0 aliphatic heterocycles. The average Bonchev–Trinajstić information content (AvgIpc) is 2.50. The monoisotopic (exact) mass is 328 g/mol. The van der Waals surface area contributed by atoms with E-state index in [9.17, 15) is 18.0 Å². The van der Waals surface area contributed by atoms with Gasteiger partial charge in [0.25, 0.3) is 0 Å². The molecule has 0 fully saturated rings. The zero-order chi connectivity index (χ0) is 17.9. The van der Waals surface area contributed by atoms with E-state index in [0.717, 1.165) is 12.4 Å². The number of hydrogen-bond acceptors (Lipinski definition) is 2. The normalized spacial score (nSPS) is 11.9. The van der Waals surface area contributed by atoms with Gasteiger partial charge in [0.05, 0.1) is 5.56 Å². The molecule has 0 N–H and O–H groups in total. The third-order valence-corrected chi connectivity index (χ3v) is 2.67. The van der Waals surface area contributed by atoms with Crippen molar-refractivity contribution in [1.82, 2.24) is 0 Å². The van der Waals surface area contributed by atoms with Gasteiger partial charge >= 0.3 is 6.18 Å². The highest BCUT2D eigenvalue weighted by atomic mass is 19.4. The van der Waals surface area contributed by atoms with E-state index >= 15 is 0 Å². The van der Waals surface area contributed by atoms with Gasteiger partial charge in [-0.15, -0.1) is 0 Å². The number of carbonyl (C=O) groups is 1. The van der Waals surface area contributed by atoms with Crippen LogP contribution < -0.4 is 4.74 Å². The summed E-state index contributed by atoms with van der Waals surface area (Å²) in [6.07, 6.45) is 2.11. The number of benzene rings is 1. The number of aryl methyl sites for hydroxylation is 1. The first-order chi connectivity index (χ1) is 10.9. The Kier molecular flexibility index (Phi) is 9.70. The predicted molar refractivity (Wildman–Crippen MR) is 86.4 cm³/mol. The molecule has 0 aliphatic carbocycles. The fourth-order valence-corrected chi connectivity index (χ4v) is 1.69. The zero-order valence-corrected chi connectivity index (χ0v) is 13.9. The summed E-state index contributed by atoms with van der Waals surface area (Å²) >= 11 is 0. The summed E-state index contributed by atoms with van der Waals surface area (Å²) in [6.45, 7) is 7.28. The summed E-state index contributed by atoms with van der Waals surface area (Å²) in [7, 11) is 0. The van der Waals surface area contributed by atoms with Gasteiger partial charge in [0.15, 0.2) is 0 Å². The standard InChI is InChI=1S/C16H17F3O2.C2H6/c1-3-6-13(7-4-5-10-20)21-14-9-8-12(2)15(11-14)16(17,18)19;1-2/h4,6-11H,3,5H2,1-2H3;1-2H3/b7-4-,13-6+;. The van der Waals surface area contributed by atoms with Crippen LogP contribution >= 0.6 is 0 Å². The molecule has 0 saturated heterocycles. The van der Waals surface area contributed by atoms with Crippen molar-refractivity contribution in [2.24, 2.45) is 0 Å². The molecule has 1 rings (SSSR count). The van der Waals surface area contributed by atoms with Crippen molar-refractivity contribution >= 4 is 6.29 Å². The molecule has 1 aromatic rings. The molecule has 0 aliphatic rings. The largest absolute Gasteiger partial charge is 0.458 e. The maximum absolute atomic E-state index is 12.8. The second-order valence-corrected chi connectivity index (χ2v) is 4.40. The van der Waals surface area contributed by atoms with Gasteiger partial charge in [-0.25, -0.2) is 0 Å². The molecule has 0 saturated carbocycles. The van der Waals surface area contributed by atoms with Crippen LogP contribution in [0.4, 0.5) is 13.2 Å². The molecule has 0 radical (unpaired) electrons. The molecular weight excluding hydrogens is 305 g/mol. The lowest BCUT2D eigenvalue weighted by atomic mass is 10.1. The predicted octanol–water partition coefficient (Wildman–Crippen LogP) is 5.86. The quantitative estimate of drug-likeness (QED) is 0.371. The van der Waals surface area contributed by atoms with E-state index in [1.807, 2.05) is 20.8 Å². The second kappa shape index (κ2) is 10.6. The summed E-state index contributed by atoms with van der Waals surface area (Å²) in [5.41, 5.74) is -0.569. The SMILES string of the molecule is CC.CC/C=C(\C=C/CC=O)Oc1ccc(C)c(C(F)(F)F)c1. The summed E-state index contributed by atoms with van der Waals surface area (Å²) in [5, 5.41) is 0. The van der Waals surface area contributed by atoms with Gasteiger partial charge in [-0.2, -0.15) is 13.2 Å². The van der Waals surface area contributed by atoms with Gasteiger partial charge < -0.3 is 9.53 Å². The van der Waals surface area contributed by atoms with Crippen LogP contribution in [0.25, 0.3) is 0 Å². The highest BCUT2D eigenvalue weighted by molar-refractivity contribution is 5.52. The smallest absolute Gasteiger partial charge is 0.416 e. The minimum absolute atomic E-state index is 0.114. The van der Waals surface area contributed by atoms with Crippen LogP contribution in [0.5, 0.6) is 5.75 Å². The number of rotatable bonds is 6. The van der Waals surface area contributed by atoms with Gasteiger partial charge in [0.1, 0.15) is 17.8 Å². The number of halogens is 3. The van der Waals surface area contributed by atoms with E-state index in [1.165, 1.54) is 19.1 Å². The molecule has 0 spiro atoms. The van der Waals surface area contributed by atoms with Gasteiger partial charge in [-0.05, 0) is 43.2 Å². The minimum Gasteiger partial charge on any atom is -0.458 e. The first-order valence-corrected chi connectivity index (χ1v) is 7.54. The number of carbonyl (C=O) groups excluding carboxylic acids is 1.